The molecule has 9 heteroatoms. The van der Waals surface area contributed by atoms with E-state index in [-0.39, 0.29) is 12.2 Å². The smallest absolute Gasteiger partial charge is 0.319 e. The molecular weight excluding hydrogens is 366 g/mol. The van der Waals surface area contributed by atoms with Crippen molar-refractivity contribution in [2.45, 2.75) is 6.54 Å². The highest BCUT2D eigenvalue weighted by molar-refractivity contribution is 5.92. The quantitative estimate of drug-likeness (QED) is 0.504. The van der Waals surface area contributed by atoms with E-state index in [1.54, 1.807) is 24.4 Å². The molecular formula is C19H14F2N6O. The summed E-state index contributed by atoms with van der Waals surface area (Å²) in [5.41, 5.74) is 2.21. The predicted octanol–water partition coefficient (Wildman–Crippen LogP) is 3.62. The Morgan fingerprint density at radius 1 is 1.11 bits per heavy atom. The average molecular weight is 380 g/mol. The van der Waals surface area contributed by atoms with Crippen LogP contribution in [0.1, 0.15) is 5.56 Å². The van der Waals surface area contributed by atoms with E-state index in [4.69, 9.17) is 0 Å². The number of halogens is 2. The van der Waals surface area contributed by atoms with Gasteiger partial charge in [-0.15, -0.1) is 0 Å². The van der Waals surface area contributed by atoms with E-state index in [1.807, 2.05) is 0 Å². The molecule has 0 unspecified atom stereocenters. The number of benzene rings is 2. The van der Waals surface area contributed by atoms with Crippen LogP contribution in [0.3, 0.4) is 0 Å². The third-order valence-corrected chi connectivity index (χ3v) is 4.08. The Kier molecular flexibility index (Phi) is 4.63. The molecule has 0 fully saturated rings. The average Bonchev–Trinajstić information content (AvgIpc) is 3.17. The minimum Gasteiger partial charge on any atom is -0.334 e. The van der Waals surface area contributed by atoms with Crippen LogP contribution in [-0.2, 0) is 6.54 Å². The fraction of sp³-hybridized carbons (Fsp3) is 0.0526. The van der Waals surface area contributed by atoms with Gasteiger partial charge in [0.15, 0.2) is 5.65 Å². The lowest BCUT2D eigenvalue weighted by molar-refractivity contribution is 0.251. The van der Waals surface area contributed by atoms with Crippen LogP contribution < -0.4 is 10.6 Å². The van der Waals surface area contributed by atoms with Gasteiger partial charge in [0.1, 0.15) is 18.0 Å². The molecule has 4 rings (SSSR count). The van der Waals surface area contributed by atoms with E-state index < -0.39 is 17.7 Å². The lowest BCUT2D eigenvalue weighted by atomic mass is 10.1. The van der Waals surface area contributed by atoms with Gasteiger partial charge in [0, 0.05) is 12.1 Å². The molecule has 28 heavy (non-hydrogen) atoms. The van der Waals surface area contributed by atoms with Crippen LogP contribution >= 0.6 is 0 Å². The Bertz CT molecular complexity index is 1160. The van der Waals surface area contributed by atoms with Gasteiger partial charge in [-0.1, -0.05) is 18.2 Å². The Morgan fingerprint density at radius 2 is 2.00 bits per heavy atom. The number of nitrogens with zero attached hydrogens (tertiary/aromatic N) is 3. The number of amides is 2. The maximum absolute atomic E-state index is 14.5. The molecule has 140 valence electrons. The van der Waals surface area contributed by atoms with Gasteiger partial charge in [-0.05, 0) is 29.8 Å². The van der Waals surface area contributed by atoms with Crippen molar-refractivity contribution in [1.29, 1.82) is 0 Å². The molecule has 0 radical (unpaired) electrons. The van der Waals surface area contributed by atoms with Gasteiger partial charge < -0.3 is 10.6 Å². The second-order valence-electron chi connectivity index (χ2n) is 5.99. The molecule has 0 bridgehead atoms. The van der Waals surface area contributed by atoms with E-state index in [0.29, 0.717) is 27.9 Å². The zero-order valence-corrected chi connectivity index (χ0v) is 14.4. The molecule has 7 nitrogen and oxygen atoms in total. The van der Waals surface area contributed by atoms with Crippen molar-refractivity contribution in [3.8, 4) is 11.3 Å². The Hall–Kier alpha value is -3.88. The first-order chi connectivity index (χ1) is 13.6. The minimum atomic E-state index is -0.617. The lowest BCUT2D eigenvalue weighted by Crippen LogP contribution is -2.28. The number of aromatic amines is 1. The van der Waals surface area contributed by atoms with Crippen molar-refractivity contribution in [1.82, 2.24) is 25.5 Å². The monoisotopic (exact) mass is 380 g/mol. The largest absolute Gasteiger partial charge is 0.334 e. The summed E-state index contributed by atoms with van der Waals surface area (Å²) in [5.74, 6) is -1.01. The van der Waals surface area contributed by atoms with Gasteiger partial charge in [-0.2, -0.15) is 5.10 Å². The number of carbonyl (C=O) groups is 1. The minimum absolute atomic E-state index is 0.0120. The number of carbonyl (C=O) groups excluding carboxylic acids is 1. The molecule has 2 aromatic heterocycles. The van der Waals surface area contributed by atoms with Crippen LogP contribution in [0.15, 0.2) is 55.0 Å². The summed E-state index contributed by atoms with van der Waals surface area (Å²) in [6.07, 6.45) is 2.92. The van der Waals surface area contributed by atoms with Crippen molar-refractivity contribution < 1.29 is 13.6 Å². The maximum Gasteiger partial charge on any atom is 0.319 e. The van der Waals surface area contributed by atoms with E-state index in [1.165, 1.54) is 30.6 Å². The van der Waals surface area contributed by atoms with Crippen LogP contribution in [0.5, 0.6) is 0 Å². The standard InChI is InChI=1S/C19H14F2N6O/c20-13-3-1-2-11(6-13)8-22-19(28)26-16-5-4-12(7-15(16)21)17-14-9-25-27-18(14)24-10-23-17/h1-7,9-10H,8H2,(H2,22,26,28)(H,23,24,25,27). The lowest BCUT2D eigenvalue weighted by Gasteiger charge is -2.10. The maximum atomic E-state index is 14.5. The van der Waals surface area contributed by atoms with Gasteiger partial charge in [0.2, 0.25) is 0 Å². The summed E-state index contributed by atoms with van der Waals surface area (Å²) in [5, 5.41) is 12.3. The molecule has 2 heterocycles. The Balaban J connectivity index is 1.47. The van der Waals surface area contributed by atoms with Gasteiger partial charge in [0.05, 0.1) is 23.0 Å². The van der Waals surface area contributed by atoms with Crippen LogP contribution in [0, 0.1) is 11.6 Å². The van der Waals surface area contributed by atoms with Crippen molar-refractivity contribution in [2.75, 3.05) is 5.32 Å². The van der Waals surface area contributed by atoms with Crippen molar-refractivity contribution in [3.63, 3.8) is 0 Å². The predicted molar refractivity (Wildman–Crippen MR) is 99.3 cm³/mol. The highest BCUT2D eigenvalue weighted by atomic mass is 19.1. The number of nitrogens with one attached hydrogen (secondary N) is 3. The van der Waals surface area contributed by atoms with Crippen LogP contribution in [0.25, 0.3) is 22.3 Å². The number of rotatable bonds is 4. The number of anilines is 1. The molecule has 2 aromatic carbocycles. The van der Waals surface area contributed by atoms with E-state index in [0.717, 1.165) is 0 Å². The molecule has 0 saturated carbocycles. The number of H-pyrrole nitrogens is 1. The van der Waals surface area contributed by atoms with Gasteiger partial charge in [-0.25, -0.2) is 23.5 Å². The van der Waals surface area contributed by atoms with E-state index >= 15 is 0 Å². The van der Waals surface area contributed by atoms with Crippen molar-refractivity contribution in [3.05, 3.63) is 72.2 Å². The summed E-state index contributed by atoms with van der Waals surface area (Å²) in [6, 6.07) is 9.61. The highest BCUT2D eigenvalue weighted by Gasteiger charge is 2.12. The van der Waals surface area contributed by atoms with Crippen molar-refractivity contribution in [2.24, 2.45) is 0 Å². The first-order valence-corrected chi connectivity index (χ1v) is 8.33. The van der Waals surface area contributed by atoms with E-state index in [2.05, 4.69) is 30.8 Å². The van der Waals surface area contributed by atoms with Crippen LogP contribution in [0.2, 0.25) is 0 Å². The molecule has 0 saturated heterocycles. The van der Waals surface area contributed by atoms with Gasteiger partial charge in [-0.3, -0.25) is 5.10 Å². The summed E-state index contributed by atoms with van der Waals surface area (Å²) in [4.78, 5) is 20.2. The van der Waals surface area contributed by atoms with E-state index in [9.17, 15) is 13.6 Å². The number of hydrogen-bond donors (Lipinski definition) is 3. The Morgan fingerprint density at radius 3 is 2.82 bits per heavy atom. The molecule has 0 spiro atoms. The molecule has 4 aromatic rings. The van der Waals surface area contributed by atoms with Crippen LogP contribution in [0.4, 0.5) is 19.3 Å². The first-order valence-electron chi connectivity index (χ1n) is 8.33. The Labute approximate surface area is 157 Å². The second kappa shape index (κ2) is 7.39. The number of hydrogen-bond acceptors (Lipinski definition) is 4. The number of fused-ring (bicyclic) bond motifs is 1. The molecule has 2 amide bonds. The van der Waals surface area contributed by atoms with Crippen LogP contribution in [-0.4, -0.2) is 26.2 Å². The molecule has 3 N–H and O–H groups in total. The SMILES string of the molecule is O=C(NCc1cccc(F)c1)Nc1ccc(-c2ncnc3[nH]ncc23)cc1F. The number of urea groups is 1. The molecule has 0 aliphatic carbocycles. The summed E-state index contributed by atoms with van der Waals surface area (Å²) < 4.78 is 27.6. The molecule has 0 aliphatic heterocycles. The molecule has 0 aliphatic rings. The fourth-order valence-corrected chi connectivity index (χ4v) is 2.75. The fourth-order valence-electron chi connectivity index (χ4n) is 2.75. The third-order valence-electron chi connectivity index (χ3n) is 4.08. The van der Waals surface area contributed by atoms with Gasteiger partial charge in [0.25, 0.3) is 0 Å². The zero-order valence-electron chi connectivity index (χ0n) is 14.4. The summed E-state index contributed by atoms with van der Waals surface area (Å²) >= 11 is 0. The second-order valence-corrected chi connectivity index (χ2v) is 5.99. The highest BCUT2D eigenvalue weighted by Crippen LogP contribution is 2.27. The summed E-state index contributed by atoms with van der Waals surface area (Å²) in [7, 11) is 0. The summed E-state index contributed by atoms with van der Waals surface area (Å²) in [6.45, 7) is 0.114. The zero-order chi connectivity index (χ0) is 19.5. The number of aromatic nitrogens is 4. The third kappa shape index (κ3) is 3.63. The topological polar surface area (TPSA) is 95.6 Å². The van der Waals surface area contributed by atoms with Crippen molar-refractivity contribution >= 4 is 22.8 Å². The normalized spacial score (nSPS) is 10.8. The van der Waals surface area contributed by atoms with Gasteiger partial charge >= 0.3 is 6.03 Å². The molecule has 0 atom stereocenters. The first kappa shape index (κ1) is 17.5.